The van der Waals surface area contributed by atoms with Gasteiger partial charge in [-0.25, -0.2) is 4.98 Å². The average Bonchev–Trinajstić information content (AvgIpc) is 3.03. The van der Waals surface area contributed by atoms with Gasteiger partial charge in [0.2, 0.25) is 0 Å². The van der Waals surface area contributed by atoms with Crippen LogP contribution in [0.25, 0.3) is 0 Å². The summed E-state index contributed by atoms with van der Waals surface area (Å²) in [6, 6.07) is 0.883. The second-order valence-corrected chi connectivity index (χ2v) is 5.46. The maximum Gasteiger partial charge on any atom is 0.0897 e. The standard InChI is InChI=1S/C12H21N3S/c1-3-15(12-4-5-12)7-6-13-8-11-9-16-10(2)14-11/h9,12-13H,3-8H2,1-2H3. The van der Waals surface area contributed by atoms with E-state index in [-0.39, 0.29) is 0 Å². The molecule has 0 atom stereocenters. The minimum Gasteiger partial charge on any atom is -0.310 e. The Morgan fingerprint density at radius 1 is 1.56 bits per heavy atom. The number of rotatable bonds is 7. The summed E-state index contributed by atoms with van der Waals surface area (Å²) in [6.45, 7) is 8.64. The van der Waals surface area contributed by atoms with Crippen LogP contribution in [0.3, 0.4) is 0 Å². The molecule has 0 bridgehead atoms. The molecular formula is C12H21N3S. The minimum atomic E-state index is 0.883. The molecule has 0 saturated heterocycles. The monoisotopic (exact) mass is 239 g/mol. The molecule has 3 nitrogen and oxygen atoms in total. The molecule has 0 radical (unpaired) electrons. The highest BCUT2D eigenvalue weighted by molar-refractivity contribution is 7.09. The molecule has 2 rings (SSSR count). The fraction of sp³-hybridized carbons (Fsp3) is 0.750. The molecule has 1 aliphatic rings. The maximum absolute atomic E-state index is 4.44. The summed E-state index contributed by atoms with van der Waals surface area (Å²) in [5, 5.41) is 6.76. The van der Waals surface area contributed by atoms with E-state index in [1.807, 2.05) is 0 Å². The Kier molecular flexibility index (Phi) is 4.32. The molecule has 0 amide bonds. The largest absolute Gasteiger partial charge is 0.310 e. The summed E-state index contributed by atoms with van der Waals surface area (Å²) < 4.78 is 0. The van der Waals surface area contributed by atoms with Gasteiger partial charge in [0.25, 0.3) is 0 Å². The predicted molar refractivity (Wildman–Crippen MR) is 68.8 cm³/mol. The normalized spacial score (nSPS) is 15.9. The summed E-state index contributed by atoms with van der Waals surface area (Å²) in [4.78, 5) is 7.01. The van der Waals surface area contributed by atoms with Gasteiger partial charge in [0.05, 0.1) is 10.7 Å². The van der Waals surface area contributed by atoms with Crippen LogP contribution in [0.2, 0.25) is 0 Å². The van der Waals surface area contributed by atoms with E-state index in [1.54, 1.807) is 11.3 Å². The van der Waals surface area contributed by atoms with Gasteiger partial charge >= 0.3 is 0 Å². The van der Waals surface area contributed by atoms with E-state index in [4.69, 9.17) is 0 Å². The van der Waals surface area contributed by atoms with E-state index in [0.29, 0.717) is 0 Å². The van der Waals surface area contributed by atoms with Crippen molar-refractivity contribution in [3.05, 3.63) is 16.1 Å². The Labute approximate surface area is 102 Å². The van der Waals surface area contributed by atoms with Crippen molar-refractivity contribution < 1.29 is 0 Å². The number of likely N-dealkylation sites (N-methyl/N-ethyl adjacent to an activating group) is 1. The highest BCUT2D eigenvalue weighted by atomic mass is 32.1. The molecule has 1 aromatic heterocycles. The Hall–Kier alpha value is -0.450. The molecular weight excluding hydrogens is 218 g/mol. The summed E-state index contributed by atoms with van der Waals surface area (Å²) >= 11 is 1.73. The van der Waals surface area contributed by atoms with Crippen LogP contribution in [0.4, 0.5) is 0 Å². The number of aryl methyl sites for hydroxylation is 1. The fourth-order valence-electron chi connectivity index (χ4n) is 1.97. The Morgan fingerprint density at radius 3 is 2.94 bits per heavy atom. The highest BCUT2D eigenvalue weighted by Crippen LogP contribution is 2.25. The van der Waals surface area contributed by atoms with Crippen molar-refractivity contribution in [3.63, 3.8) is 0 Å². The molecule has 1 aromatic rings. The second kappa shape index (κ2) is 5.75. The number of nitrogens with zero attached hydrogens (tertiary/aromatic N) is 2. The van der Waals surface area contributed by atoms with Crippen molar-refractivity contribution in [2.75, 3.05) is 19.6 Å². The first kappa shape index (κ1) is 12.0. The van der Waals surface area contributed by atoms with Gasteiger partial charge in [-0.2, -0.15) is 0 Å². The number of hydrogen-bond donors (Lipinski definition) is 1. The molecule has 1 N–H and O–H groups in total. The first-order valence-electron chi connectivity index (χ1n) is 6.15. The summed E-state index contributed by atoms with van der Waals surface area (Å²) in [5.74, 6) is 0. The van der Waals surface area contributed by atoms with Crippen molar-refractivity contribution in [2.45, 2.75) is 39.3 Å². The first-order valence-corrected chi connectivity index (χ1v) is 7.03. The summed E-state index contributed by atoms with van der Waals surface area (Å²) in [6.07, 6.45) is 2.80. The fourth-order valence-corrected chi connectivity index (χ4v) is 2.58. The van der Waals surface area contributed by atoms with E-state index in [1.165, 1.54) is 31.6 Å². The van der Waals surface area contributed by atoms with Crippen molar-refractivity contribution in [1.29, 1.82) is 0 Å². The van der Waals surface area contributed by atoms with E-state index < -0.39 is 0 Å². The zero-order valence-corrected chi connectivity index (χ0v) is 11.0. The van der Waals surface area contributed by atoms with Gasteiger partial charge in [0, 0.05) is 31.1 Å². The number of thiazole rings is 1. The van der Waals surface area contributed by atoms with E-state index in [2.05, 4.69) is 34.4 Å². The van der Waals surface area contributed by atoms with Gasteiger partial charge in [-0.05, 0) is 26.3 Å². The molecule has 0 spiro atoms. The van der Waals surface area contributed by atoms with E-state index in [9.17, 15) is 0 Å². The quantitative estimate of drug-likeness (QED) is 0.738. The average molecular weight is 239 g/mol. The predicted octanol–water partition coefficient (Wildman–Crippen LogP) is 2.03. The lowest BCUT2D eigenvalue weighted by atomic mass is 10.4. The van der Waals surface area contributed by atoms with Gasteiger partial charge in [0.1, 0.15) is 0 Å². The van der Waals surface area contributed by atoms with Crippen molar-refractivity contribution in [2.24, 2.45) is 0 Å². The summed E-state index contributed by atoms with van der Waals surface area (Å²) in [7, 11) is 0. The van der Waals surface area contributed by atoms with E-state index in [0.717, 1.165) is 24.1 Å². The van der Waals surface area contributed by atoms with Crippen LogP contribution in [0.15, 0.2) is 5.38 Å². The molecule has 0 unspecified atom stereocenters. The van der Waals surface area contributed by atoms with Gasteiger partial charge in [0.15, 0.2) is 0 Å². The number of hydrogen-bond acceptors (Lipinski definition) is 4. The topological polar surface area (TPSA) is 28.2 Å². The van der Waals surface area contributed by atoms with Crippen LogP contribution in [0, 0.1) is 6.92 Å². The Bertz CT molecular complexity index is 320. The Balaban J connectivity index is 1.60. The smallest absolute Gasteiger partial charge is 0.0897 e. The van der Waals surface area contributed by atoms with E-state index >= 15 is 0 Å². The molecule has 1 fully saturated rings. The van der Waals surface area contributed by atoms with Crippen LogP contribution in [-0.2, 0) is 6.54 Å². The number of nitrogens with one attached hydrogen (secondary N) is 1. The lowest BCUT2D eigenvalue weighted by molar-refractivity contribution is 0.277. The van der Waals surface area contributed by atoms with Gasteiger partial charge in [-0.1, -0.05) is 6.92 Å². The third kappa shape index (κ3) is 3.54. The molecule has 1 aliphatic carbocycles. The molecule has 0 aromatic carbocycles. The zero-order valence-electron chi connectivity index (χ0n) is 10.2. The Morgan fingerprint density at radius 2 is 2.38 bits per heavy atom. The van der Waals surface area contributed by atoms with Crippen molar-refractivity contribution >= 4 is 11.3 Å². The lowest BCUT2D eigenvalue weighted by Crippen LogP contribution is -2.33. The minimum absolute atomic E-state index is 0.883. The van der Waals surface area contributed by atoms with Crippen LogP contribution in [-0.4, -0.2) is 35.6 Å². The number of aromatic nitrogens is 1. The first-order chi connectivity index (χ1) is 7.79. The van der Waals surface area contributed by atoms with Crippen LogP contribution in [0.5, 0.6) is 0 Å². The molecule has 1 saturated carbocycles. The SMILES string of the molecule is CCN(CCNCc1csc(C)n1)C1CC1. The third-order valence-electron chi connectivity index (χ3n) is 3.02. The highest BCUT2D eigenvalue weighted by Gasteiger charge is 2.26. The zero-order chi connectivity index (χ0) is 11.4. The second-order valence-electron chi connectivity index (χ2n) is 4.39. The molecule has 16 heavy (non-hydrogen) atoms. The van der Waals surface area contributed by atoms with Crippen molar-refractivity contribution in [1.82, 2.24) is 15.2 Å². The lowest BCUT2D eigenvalue weighted by Gasteiger charge is -2.19. The van der Waals surface area contributed by atoms with Crippen LogP contribution in [0.1, 0.15) is 30.5 Å². The van der Waals surface area contributed by atoms with Gasteiger partial charge in [-0.3, -0.25) is 4.90 Å². The van der Waals surface area contributed by atoms with Gasteiger partial charge < -0.3 is 5.32 Å². The van der Waals surface area contributed by atoms with Gasteiger partial charge in [-0.15, -0.1) is 11.3 Å². The molecule has 1 heterocycles. The van der Waals surface area contributed by atoms with Crippen molar-refractivity contribution in [3.8, 4) is 0 Å². The summed E-state index contributed by atoms with van der Waals surface area (Å²) in [5.41, 5.74) is 1.18. The molecule has 0 aliphatic heterocycles. The third-order valence-corrected chi connectivity index (χ3v) is 3.84. The van der Waals surface area contributed by atoms with Crippen LogP contribution < -0.4 is 5.32 Å². The molecule has 4 heteroatoms. The molecule has 90 valence electrons. The maximum atomic E-state index is 4.44. The van der Waals surface area contributed by atoms with Crippen LogP contribution >= 0.6 is 11.3 Å².